The van der Waals surface area contributed by atoms with Crippen molar-refractivity contribution in [1.82, 2.24) is 0 Å². The van der Waals surface area contributed by atoms with Crippen LogP contribution in [0.5, 0.6) is 0 Å². The van der Waals surface area contributed by atoms with Crippen LogP contribution in [-0.4, -0.2) is 4.92 Å². The Labute approximate surface area is 129 Å². The first-order valence-corrected chi connectivity index (χ1v) is 8.06. The molecule has 1 heterocycles. The lowest BCUT2D eigenvalue weighted by atomic mass is 10.1. The van der Waals surface area contributed by atoms with E-state index in [0.29, 0.717) is 6.54 Å². The molecule has 1 aromatic carbocycles. The fourth-order valence-electron chi connectivity index (χ4n) is 2.12. The average Bonchev–Trinajstić information content (AvgIpc) is 2.96. The van der Waals surface area contributed by atoms with Gasteiger partial charge in [-0.15, -0.1) is 0 Å². The standard InChI is InChI=1S/C16H20N2O2S/c1-2-3-4-5-13-6-8-14(9-7-13)17-12-15-10-11-16(21-15)18(19)20/h6-11,17H,2-5,12H2,1H3. The highest BCUT2D eigenvalue weighted by Crippen LogP contribution is 2.24. The maximum atomic E-state index is 10.6. The molecule has 112 valence electrons. The molecule has 0 atom stereocenters. The fraction of sp³-hybridized carbons (Fsp3) is 0.375. The van der Waals surface area contributed by atoms with E-state index >= 15 is 0 Å². The third kappa shape index (κ3) is 4.86. The Morgan fingerprint density at radius 2 is 1.90 bits per heavy atom. The van der Waals surface area contributed by atoms with Crippen LogP contribution < -0.4 is 5.32 Å². The van der Waals surface area contributed by atoms with Crippen molar-refractivity contribution < 1.29 is 4.92 Å². The lowest BCUT2D eigenvalue weighted by Crippen LogP contribution is -1.97. The minimum atomic E-state index is -0.348. The summed E-state index contributed by atoms with van der Waals surface area (Å²) in [4.78, 5) is 11.2. The maximum Gasteiger partial charge on any atom is 0.324 e. The van der Waals surface area contributed by atoms with E-state index in [4.69, 9.17) is 0 Å². The lowest BCUT2D eigenvalue weighted by molar-refractivity contribution is -0.380. The lowest BCUT2D eigenvalue weighted by Gasteiger charge is -2.06. The third-order valence-corrected chi connectivity index (χ3v) is 4.35. The van der Waals surface area contributed by atoms with Crippen LogP contribution in [0, 0.1) is 10.1 Å². The van der Waals surface area contributed by atoms with Crippen LogP contribution in [0.15, 0.2) is 36.4 Å². The average molecular weight is 304 g/mol. The van der Waals surface area contributed by atoms with Gasteiger partial charge >= 0.3 is 5.00 Å². The molecule has 1 N–H and O–H groups in total. The second-order valence-corrected chi connectivity index (χ2v) is 6.15. The molecule has 2 rings (SSSR count). The van der Waals surface area contributed by atoms with Gasteiger partial charge in [0.25, 0.3) is 0 Å². The Balaban J connectivity index is 1.83. The Morgan fingerprint density at radius 3 is 2.52 bits per heavy atom. The van der Waals surface area contributed by atoms with Gasteiger partial charge in [-0.3, -0.25) is 10.1 Å². The largest absolute Gasteiger partial charge is 0.380 e. The molecule has 0 bridgehead atoms. The number of aryl methyl sites for hydroxylation is 1. The van der Waals surface area contributed by atoms with Crippen LogP contribution in [0.3, 0.4) is 0 Å². The summed E-state index contributed by atoms with van der Waals surface area (Å²) in [5, 5.41) is 14.1. The van der Waals surface area contributed by atoms with Crippen LogP contribution >= 0.6 is 11.3 Å². The van der Waals surface area contributed by atoms with E-state index in [1.54, 1.807) is 12.1 Å². The van der Waals surface area contributed by atoms with Crippen molar-refractivity contribution in [2.24, 2.45) is 0 Å². The first-order valence-electron chi connectivity index (χ1n) is 7.25. The van der Waals surface area contributed by atoms with E-state index in [1.165, 1.54) is 36.2 Å². The van der Waals surface area contributed by atoms with Crippen molar-refractivity contribution in [2.75, 3.05) is 5.32 Å². The Morgan fingerprint density at radius 1 is 1.14 bits per heavy atom. The van der Waals surface area contributed by atoms with Gasteiger partial charge in [-0.1, -0.05) is 43.2 Å². The molecule has 0 saturated heterocycles. The summed E-state index contributed by atoms with van der Waals surface area (Å²) < 4.78 is 0. The highest BCUT2D eigenvalue weighted by Gasteiger charge is 2.09. The minimum absolute atomic E-state index is 0.193. The highest BCUT2D eigenvalue weighted by atomic mass is 32.1. The summed E-state index contributed by atoms with van der Waals surface area (Å²) in [6, 6.07) is 11.8. The van der Waals surface area contributed by atoms with Gasteiger partial charge < -0.3 is 5.32 Å². The number of hydrogen-bond donors (Lipinski definition) is 1. The second-order valence-electron chi connectivity index (χ2n) is 5.00. The van der Waals surface area contributed by atoms with E-state index < -0.39 is 0 Å². The van der Waals surface area contributed by atoms with E-state index in [0.717, 1.165) is 17.0 Å². The van der Waals surface area contributed by atoms with Crippen LogP contribution in [0.1, 0.15) is 36.6 Å². The summed E-state index contributed by atoms with van der Waals surface area (Å²) in [6.45, 7) is 2.83. The van der Waals surface area contributed by atoms with Gasteiger partial charge in [-0.05, 0) is 36.6 Å². The topological polar surface area (TPSA) is 55.2 Å². The van der Waals surface area contributed by atoms with Gasteiger partial charge in [0, 0.05) is 23.2 Å². The number of nitrogens with zero attached hydrogens (tertiary/aromatic N) is 1. The number of nitro groups is 1. The van der Waals surface area contributed by atoms with Gasteiger partial charge in [0.2, 0.25) is 0 Å². The van der Waals surface area contributed by atoms with Crippen molar-refractivity contribution in [3.05, 3.63) is 57.0 Å². The zero-order chi connectivity index (χ0) is 15.1. The van der Waals surface area contributed by atoms with Crippen molar-refractivity contribution in [3.63, 3.8) is 0 Å². The molecular formula is C16H20N2O2S. The summed E-state index contributed by atoms with van der Waals surface area (Å²) in [5.41, 5.74) is 2.41. The fourth-order valence-corrected chi connectivity index (χ4v) is 2.88. The molecule has 21 heavy (non-hydrogen) atoms. The maximum absolute atomic E-state index is 10.6. The SMILES string of the molecule is CCCCCc1ccc(NCc2ccc([N+](=O)[O-])s2)cc1. The monoisotopic (exact) mass is 304 g/mol. The predicted octanol–water partition coefficient (Wildman–Crippen LogP) is 5.00. The van der Waals surface area contributed by atoms with Crippen LogP contribution in [-0.2, 0) is 13.0 Å². The van der Waals surface area contributed by atoms with Gasteiger partial charge in [-0.25, -0.2) is 0 Å². The smallest absolute Gasteiger partial charge is 0.324 e. The van der Waals surface area contributed by atoms with Crippen molar-refractivity contribution >= 4 is 22.0 Å². The quantitative estimate of drug-likeness (QED) is 0.424. The number of rotatable bonds is 8. The number of thiophene rings is 1. The van der Waals surface area contributed by atoms with E-state index in [9.17, 15) is 10.1 Å². The second kappa shape index (κ2) is 7.78. The zero-order valence-electron chi connectivity index (χ0n) is 12.2. The van der Waals surface area contributed by atoms with Crippen molar-refractivity contribution in [1.29, 1.82) is 0 Å². The normalized spacial score (nSPS) is 10.5. The number of nitrogens with one attached hydrogen (secondary N) is 1. The molecule has 0 unspecified atom stereocenters. The molecular weight excluding hydrogens is 284 g/mol. The first-order chi connectivity index (χ1) is 10.2. The first kappa shape index (κ1) is 15.5. The zero-order valence-corrected chi connectivity index (χ0v) is 13.0. The van der Waals surface area contributed by atoms with Crippen LogP contribution in [0.4, 0.5) is 10.7 Å². The highest BCUT2D eigenvalue weighted by molar-refractivity contribution is 7.15. The molecule has 5 heteroatoms. The van der Waals surface area contributed by atoms with Crippen LogP contribution in [0.2, 0.25) is 0 Å². The number of anilines is 1. The third-order valence-electron chi connectivity index (χ3n) is 3.32. The van der Waals surface area contributed by atoms with Gasteiger partial charge in [0.1, 0.15) is 0 Å². The molecule has 0 radical (unpaired) electrons. The molecule has 0 fully saturated rings. The summed E-state index contributed by atoms with van der Waals surface area (Å²) in [5.74, 6) is 0. The molecule has 0 aliphatic heterocycles. The summed E-state index contributed by atoms with van der Waals surface area (Å²) in [6.07, 6.45) is 4.89. The Hall–Kier alpha value is -1.88. The van der Waals surface area contributed by atoms with Crippen LogP contribution in [0.25, 0.3) is 0 Å². The predicted molar refractivity (Wildman–Crippen MR) is 88.0 cm³/mol. The van der Waals surface area contributed by atoms with Gasteiger partial charge in [0.05, 0.1) is 4.92 Å². The number of benzene rings is 1. The molecule has 0 aliphatic rings. The minimum Gasteiger partial charge on any atom is -0.380 e. The molecule has 4 nitrogen and oxygen atoms in total. The van der Waals surface area contributed by atoms with E-state index in [1.807, 2.05) is 0 Å². The number of hydrogen-bond acceptors (Lipinski definition) is 4. The summed E-state index contributed by atoms with van der Waals surface area (Å²) >= 11 is 1.22. The van der Waals surface area contributed by atoms with Gasteiger partial charge in [0.15, 0.2) is 0 Å². The number of unbranched alkanes of at least 4 members (excludes halogenated alkanes) is 2. The van der Waals surface area contributed by atoms with E-state index in [-0.39, 0.29) is 9.92 Å². The molecule has 0 spiro atoms. The van der Waals surface area contributed by atoms with Gasteiger partial charge in [-0.2, -0.15) is 0 Å². The Kier molecular flexibility index (Phi) is 5.75. The molecule has 2 aromatic rings. The van der Waals surface area contributed by atoms with Crippen molar-refractivity contribution in [2.45, 2.75) is 39.2 Å². The summed E-state index contributed by atoms with van der Waals surface area (Å²) in [7, 11) is 0. The van der Waals surface area contributed by atoms with E-state index in [2.05, 4.69) is 36.5 Å². The molecule has 1 aromatic heterocycles. The molecule has 0 saturated carbocycles. The molecule has 0 aliphatic carbocycles. The molecule has 0 amide bonds. The van der Waals surface area contributed by atoms with Crippen molar-refractivity contribution in [3.8, 4) is 0 Å². The Bertz CT molecular complexity index is 578.